The summed E-state index contributed by atoms with van der Waals surface area (Å²) in [5, 5.41) is 17.4. The summed E-state index contributed by atoms with van der Waals surface area (Å²) in [5.74, 6) is -0.688. The summed E-state index contributed by atoms with van der Waals surface area (Å²) in [4.78, 5) is 14.5. The van der Waals surface area contributed by atoms with Gasteiger partial charge in [-0.05, 0) is 48.4 Å². The van der Waals surface area contributed by atoms with Crippen molar-refractivity contribution >= 4 is 15.7 Å². The summed E-state index contributed by atoms with van der Waals surface area (Å²) in [6.07, 6.45) is 2.52. The van der Waals surface area contributed by atoms with Gasteiger partial charge in [-0.15, -0.1) is 0 Å². The van der Waals surface area contributed by atoms with Gasteiger partial charge in [0, 0.05) is 35.1 Å². The highest BCUT2D eigenvalue weighted by Gasteiger charge is 2.27. The first-order valence-electron chi connectivity index (χ1n) is 10.6. The van der Waals surface area contributed by atoms with E-state index in [2.05, 4.69) is 0 Å². The van der Waals surface area contributed by atoms with Crippen LogP contribution in [0.1, 0.15) is 28.4 Å². The quantitative estimate of drug-likeness (QED) is 0.552. The molecular weight excluding hydrogens is 461 g/mol. The molecule has 10 heteroatoms. The zero-order valence-electron chi connectivity index (χ0n) is 18.7. The van der Waals surface area contributed by atoms with Crippen LogP contribution in [0.4, 0.5) is 4.39 Å². The number of carbonyl (C=O) groups excluding carboxylic acids is 1. The molecule has 1 aliphatic rings. The average Bonchev–Trinajstić information content (AvgIpc) is 3.01. The molecule has 8 nitrogen and oxygen atoms in total. The van der Waals surface area contributed by atoms with Crippen LogP contribution in [0.3, 0.4) is 0 Å². The van der Waals surface area contributed by atoms with Crippen LogP contribution < -0.4 is 10.2 Å². The molecule has 0 fully saturated rings. The van der Waals surface area contributed by atoms with Gasteiger partial charge in [-0.1, -0.05) is 13.0 Å². The van der Waals surface area contributed by atoms with Gasteiger partial charge in [0.2, 0.25) is 0 Å². The molecule has 34 heavy (non-hydrogen) atoms. The fourth-order valence-corrected chi connectivity index (χ4v) is 4.77. The van der Waals surface area contributed by atoms with Crippen molar-refractivity contribution in [1.82, 2.24) is 9.63 Å². The van der Waals surface area contributed by atoms with Crippen LogP contribution in [0.15, 0.2) is 53.6 Å². The van der Waals surface area contributed by atoms with E-state index in [9.17, 15) is 22.8 Å². The van der Waals surface area contributed by atoms with Crippen LogP contribution in [-0.2, 0) is 22.8 Å². The smallest absolute Gasteiger partial charge is 0.254 e. The Labute approximate surface area is 196 Å². The Kier molecular flexibility index (Phi) is 6.18. The Hall–Kier alpha value is -3.66. The Morgan fingerprint density at radius 2 is 1.91 bits per heavy atom. The lowest BCUT2D eigenvalue weighted by molar-refractivity contribution is 0.0731. The third-order valence-corrected chi connectivity index (χ3v) is 6.90. The van der Waals surface area contributed by atoms with Gasteiger partial charge in [0.1, 0.15) is 23.1 Å². The molecule has 0 spiro atoms. The number of hydrogen-bond acceptors (Lipinski definition) is 6. The van der Waals surface area contributed by atoms with Crippen molar-refractivity contribution in [2.24, 2.45) is 0 Å². The highest BCUT2D eigenvalue weighted by Crippen LogP contribution is 2.30. The lowest BCUT2D eigenvalue weighted by atomic mass is 10.0. The third-order valence-electron chi connectivity index (χ3n) is 5.78. The monoisotopic (exact) mass is 485 g/mol. The van der Waals surface area contributed by atoms with Gasteiger partial charge < -0.3 is 14.8 Å². The van der Waals surface area contributed by atoms with Crippen molar-refractivity contribution in [3.8, 4) is 16.9 Å². The van der Waals surface area contributed by atoms with E-state index in [0.29, 0.717) is 16.0 Å². The standard InChI is InChI=1S/C24H24FN3O5S/c1-3-18-19(6-8-21(23(18)25)34(2,31)32)24(29)27-10-11-33-20-7-4-15(12-17(20)13-27)16-5-9-22(26)28(30)14-16/h4-9,12,14,26,30H,3,10-11,13H2,1-2H3. The Morgan fingerprint density at radius 3 is 2.59 bits per heavy atom. The zero-order valence-corrected chi connectivity index (χ0v) is 19.5. The van der Waals surface area contributed by atoms with Crippen LogP contribution >= 0.6 is 0 Å². The second-order valence-electron chi connectivity index (χ2n) is 8.07. The summed E-state index contributed by atoms with van der Waals surface area (Å²) in [6.45, 7) is 2.39. The SMILES string of the molecule is CCc1c(C(=O)N2CCOc3ccc(-c4ccc(=N)n(O)c4)cc3C2)ccc(S(C)(=O)=O)c1F. The minimum atomic E-state index is -3.77. The molecule has 0 radical (unpaired) electrons. The predicted octanol–water partition coefficient (Wildman–Crippen LogP) is 3.01. The summed E-state index contributed by atoms with van der Waals surface area (Å²) >= 11 is 0. The highest BCUT2D eigenvalue weighted by atomic mass is 32.2. The van der Waals surface area contributed by atoms with Crippen molar-refractivity contribution in [2.75, 3.05) is 19.4 Å². The molecule has 2 heterocycles. The van der Waals surface area contributed by atoms with Crippen molar-refractivity contribution < 1.29 is 27.5 Å². The molecule has 0 atom stereocenters. The predicted molar refractivity (Wildman–Crippen MR) is 122 cm³/mol. The number of amides is 1. The highest BCUT2D eigenvalue weighted by molar-refractivity contribution is 7.90. The summed E-state index contributed by atoms with van der Waals surface area (Å²) in [5.41, 5.74) is 2.30. The molecule has 1 aromatic heterocycles. The Bertz CT molecular complexity index is 1450. The van der Waals surface area contributed by atoms with Crippen LogP contribution in [0.5, 0.6) is 5.75 Å². The van der Waals surface area contributed by atoms with E-state index in [1.54, 1.807) is 24.0 Å². The van der Waals surface area contributed by atoms with Gasteiger partial charge in [0.15, 0.2) is 15.3 Å². The van der Waals surface area contributed by atoms with Crippen LogP contribution in [0.25, 0.3) is 11.1 Å². The van der Waals surface area contributed by atoms with Crippen LogP contribution in [0.2, 0.25) is 0 Å². The van der Waals surface area contributed by atoms with E-state index in [-0.39, 0.29) is 42.7 Å². The molecule has 0 saturated heterocycles. The topological polar surface area (TPSA) is 113 Å². The minimum Gasteiger partial charge on any atom is -0.491 e. The Balaban J connectivity index is 1.69. The molecule has 3 aromatic rings. The first-order chi connectivity index (χ1) is 16.1. The molecule has 178 valence electrons. The minimum absolute atomic E-state index is 0.0560. The number of sulfone groups is 1. The van der Waals surface area contributed by atoms with E-state index in [1.807, 2.05) is 12.1 Å². The number of fused-ring (bicyclic) bond motifs is 1. The molecule has 1 amide bonds. The average molecular weight is 486 g/mol. The Morgan fingerprint density at radius 1 is 1.18 bits per heavy atom. The molecule has 0 aliphatic carbocycles. The summed E-state index contributed by atoms with van der Waals surface area (Å²) < 4.78 is 45.3. The van der Waals surface area contributed by atoms with Crippen molar-refractivity contribution in [3.63, 3.8) is 0 Å². The maximum atomic E-state index is 15.0. The van der Waals surface area contributed by atoms with Gasteiger partial charge >= 0.3 is 0 Å². The summed E-state index contributed by atoms with van der Waals surface area (Å²) in [7, 11) is -3.77. The second-order valence-corrected chi connectivity index (χ2v) is 10.1. The molecule has 0 unspecified atom stereocenters. The molecular formula is C24H24FN3O5S. The van der Waals surface area contributed by atoms with Crippen LogP contribution in [-0.4, -0.2) is 48.6 Å². The molecule has 4 rings (SSSR count). The van der Waals surface area contributed by atoms with Crippen LogP contribution in [0, 0.1) is 11.2 Å². The summed E-state index contributed by atoms with van der Waals surface area (Å²) in [6, 6.07) is 11.1. The van der Waals surface area contributed by atoms with Crippen molar-refractivity contribution in [2.45, 2.75) is 24.8 Å². The number of rotatable bonds is 4. The van der Waals surface area contributed by atoms with Gasteiger partial charge in [0.25, 0.3) is 5.91 Å². The van der Waals surface area contributed by atoms with Gasteiger partial charge in [-0.3, -0.25) is 10.2 Å². The molecule has 2 aromatic carbocycles. The number of hydrogen-bond donors (Lipinski definition) is 2. The normalized spacial score (nSPS) is 13.7. The van der Waals surface area contributed by atoms with E-state index in [1.165, 1.54) is 18.3 Å². The molecule has 1 aliphatic heterocycles. The number of pyridine rings is 1. The maximum absolute atomic E-state index is 15.0. The second kappa shape index (κ2) is 8.94. The van der Waals surface area contributed by atoms with E-state index in [0.717, 1.165) is 23.4 Å². The molecule has 2 N–H and O–H groups in total. The molecule has 0 saturated carbocycles. The van der Waals surface area contributed by atoms with Gasteiger partial charge in [-0.2, -0.15) is 4.73 Å². The number of benzene rings is 2. The van der Waals surface area contributed by atoms with Gasteiger partial charge in [0.05, 0.1) is 12.7 Å². The molecule has 0 bridgehead atoms. The lowest BCUT2D eigenvalue weighted by Gasteiger charge is -2.22. The number of ether oxygens (including phenoxy) is 1. The lowest BCUT2D eigenvalue weighted by Crippen LogP contribution is -2.33. The zero-order chi connectivity index (χ0) is 24.6. The maximum Gasteiger partial charge on any atom is 0.254 e. The number of halogens is 1. The number of nitrogens with one attached hydrogen (secondary N) is 1. The van der Waals surface area contributed by atoms with Crippen molar-refractivity contribution in [3.05, 3.63) is 76.7 Å². The van der Waals surface area contributed by atoms with E-state index in [4.69, 9.17) is 10.1 Å². The fraction of sp³-hybridized carbons (Fsp3) is 0.250. The van der Waals surface area contributed by atoms with Crippen molar-refractivity contribution in [1.29, 1.82) is 5.41 Å². The van der Waals surface area contributed by atoms with E-state index >= 15 is 0 Å². The fourth-order valence-electron chi connectivity index (χ4n) is 4.01. The third kappa shape index (κ3) is 4.41. The first-order valence-corrected chi connectivity index (χ1v) is 12.5. The first kappa shape index (κ1) is 23.5. The van der Waals surface area contributed by atoms with E-state index < -0.39 is 26.5 Å². The number of aromatic nitrogens is 1. The number of nitrogens with zero attached hydrogens (tertiary/aromatic N) is 2. The van der Waals surface area contributed by atoms with Gasteiger partial charge in [-0.25, -0.2) is 12.8 Å². The number of carbonyl (C=O) groups is 1. The largest absolute Gasteiger partial charge is 0.491 e.